The van der Waals surface area contributed by atoms with E-state index in [2.05, 4.69) is 4.99 Å². The van der Waals surface area contributed by atoms with Crippen molar-refractivity contribution in [3.8, 4) is 0 Å². The highest BCUT2D eigenvalue weighted by molar-refractivity contribution is 6.11. The molecule has 0 atom stereocenters. The zero-order valence-electron chi connectivity index (χ0n) is 10.3. The first kappa shape index (κ1) is 11.5. The fourth-order valence-corrected chi connectivity index (χ4v) is 1.81. The van der Waals surface area contributed by atoms with E-state index in [4.69, 9.17) is 9.15 Å². The minimum absolute atomic E-state index is 0.204. The van der Waals surface area contributed by atoms with Crippen LogP contribution in [-0.2, 0) is 9.53 Å². The van der Waals surface area contributed by atoms with E-state index in [1.54, 1.807) is 18.2 Å². The fraction of sp³-hybridized carbons (Fsp3) is 0.0667. The molecule has 0 aliphatic carbocycles. The molecule has 0 amide bonds. The molecule has 0 saturated carbocycles. The van der Waals surface area contributed by atoms with Crippen LogP contribution in [0.25, 0.3) is 6.08 Å². The smallest absolute Gasteiger partial charge is 0.363 e. The topological polar surface area (TPSA) is 51.8 Å². The first-order chi connectivity index (χ1) is 9.24. The molecule has 0 bridgehead atoms. The maximum Gasteiger partial charge on any atom is 0.363 e. The van der Waals surface area contributed by atoms with Gasteiger partial charge in [-0.1, -0.05) is 24.3 Å². The molecular formula is C15H11NO3. The second-order valence-electron chi connectivity index (χ2n) is 4.17. The van der Waals surface area contributed by atoms with Gasteiger partial charge in [-0.05, 0) is 36.3 Å². The van der Waals surface area contributed by atoms with Gasteiger partial charge in [-0.25, -0.2) is 9.79 Å². The van der Waals surface area contributed by atoms with Gasteiger partial charge in [0, 0.05) is 0 Å². The molecule has 2 aromatic rings. The number of cyclic esters (lactones) is 1. The van der Waals surface area contributed by atoms with Gasteiger partial charge in [-0.2, -0.15) is 0 Å². The van der Waals surface area contributed by atoms with E-state index in [0.717, 1.165) is 11.1 Å². The van der Waals surface area contributed by atoms with Crippen LogP contribution in [0.5, 0.6) is 0 Å². The Morgan fingerprint density at radius 2 is 2.00 bits per heavy atom. The Balaban J connectivity index is 1.98. The van der Waals surface area contributed by atoms with E-state index in [9.17, 15) is 4.79 Å². The quantitative estimate of drug-likeness (QED) is 0.610. The minimum atomic E-state index is -0.463. The summed E-state index contributed by atoms with van der Waals surface area (Å²) in [7, 11) is 0. The number of esters is 1. The number of carbonyl (C=O) groups is 1. The molecule has 3 rings (SSSR count). The van der Waals surface area contributed by atoms with E-state index >= 15 is 0 Å². The van der Waals surface area contributed by atoms with Crippen LogP contribution in [0.15, 0.2) is 57.8 Å². The monoisotopic (exact) mass is 253 g/mol. The molecule has 1 aliphatic rings. The number of furan rings is 1. The third-order valence-corrected chi connectivity index (χ3v) is 2.83. The number of hydrogen-bond donors (Lipinski definition) is 0. The zero-order chi connectivity index (χ0) is 13.2. The van der Waals surface area contributed by atoms with Crippen molar-refractivity contribution in [1.29, 1.82) is 0 Å². The summed E-state index contributed by atoms with van der Waals surface area (Å²) in [5.41, 5.74) is 2.30. The third kappa shape index (κ3) is 2.20. The highest BCUT2D eigenvalue weighted by Crippen LogP contribution is 2.20. The molecule has 0 N–H and O–H groups in total. The van der Waals surface area contributed by atoms with Crippen LogP contribution < -0.4 is 0 Å². The summed E-state index contributed by atoms with van der Waals surface area (Å²) in [4.78, 5) is 15.9. The first-order valence-corrected chi connectivity index (χ1v) is 5.86. The molecule has 2 heterocycles. The van der Waals surface area contributed by atoms with E-state index in [0.29, 0.717) is 5.76 Å². The number of rotatable bonds is 2. The standard InChI is InChI=1S/C15H11NO3/c1-10-5-2-3-6-11(10)9-12-15(17)19-14(16-12)13-7-4-8-18-13/h2-9H,1H3/b12-9+. The van der Waals surface area contributed by atoms with Gasteiger partial charge in [0.25, 0.3) is 5.90 Å². The maximum absolute atomic E-state index is 11.7. The molecule has 4 nitrogen and oxygen atoms in total. The number of ether oxygens (including phenoxy) is 1. The van der Waals surface area contributed by atoms with Crippen LogP contribution >= 0.6 is 0 Å². The Kier molecular flexibility index (Phi) is 2.76. The lowest BCUT2D eigenvalue weighted by Gasteiger charge is -1.98. The van der Waals surface area contributed by atoms with Crippen molar-refractivity contribution in [2.24, 2.45) is 4.99 Å². The van der Waals surface area contributed by atoms with Gasteiger partial charge in [0.15, 0.2) is 11.5 Å². The molecule has 0 spiro atoms. The van der Waals surface area contributed by atoms with Crippen LogP contribution in [-0.4, -0.2) is 11.9 Å². The predicted octanol–water partition coefficient (Wildman–Crippen LogP) is 2.93. The van der Waals surface area contributed by atoms with Crippen molar-refractivity contribution >= 4 is 17.9 Å². The minimum Gasteiger partial charge on any atom is -0.459 e. The summed E-state index contributed by atoms with van der Waals surface area (Å²) in [6.07, 6.45) is 3.22. The molecule has 0 unspecified atom stereocenters. The summed E-state index contributed by atoms with van der Waals surface area (Å²) in [5, 5.41) is 0. The number of nitrogens with zero attached hydrogens (tertiary/aromatic N) is 1. The Morgan fingerprint density at radius 3 is 2.74 bits per heavy atom. The van der Waals surface area contributed by atoms with Crippen LogP contribution in [0.4, 0.5) is 0 Å². The van der Waals surface area contributed by atoms with Crippen molar-refractivity contribution in [1.82, 2.24) is 0 Å². The molecular weight excluding hydrogens is 242 g/mol. The van der Waals surface area contributed by atoms with Gasteiger partial charge in [-0.3, -0.25) is 0 Å². The number of benzene rings is 1. The molecule has 1 aromatic heterocycles. The lowest BCUT2D eigenvalue weighted by atomic mass is 10.1. The Labute approximate surface area is 110 Å². The normalized spacial score (nSPS) is 16.6. The number of hydrogen-bond acceptors (Lipinski definition) is 4. The predicted molar refractivity (Wildman–Crippen MR) is 70.5 cm³/mol. The van der Waals surface area contributed by atoms with Crippen LogP contribution in [0.2, 0.25) is 0 Å². The summed E-state index contributed by atoms with van der Waals surface area (Å²) >= 11 is 0. The Morgan fingerprint density at radius 1 is 1.16 bits per heavy atom. The van der Waals surface area contributed by atoms with E-state index < -0.39 is 5.97 Å². The molecule has 94 valence electrons. The highest BCUT2D eigenvalue weighted by Gasteiger charge is 2.25. The lowest BCUT2D eigenvalue weighted by molar-refractivity contribution is -0.130. The highest BCUT2D eigenvalue weighted by atomic mass is 16.6. The largest absolute Gasteiger partial charge is 0.459 e. The first-order valence-electron chi connectivity index (χ1n) is 5.86. The molecule has 0 saturated heterocycles. The summed E-state index contributed by atoms with van der Waals surface area (Å²) in [6.45, 7) is 1.98. The third-order valence-electron chi connectivity index (χ3n) is 2.83. The van der Waals surface area contributed by atoms with Crippen molar-refractivity contribution in [2.75, 3.05) is 0 Å². The number of carbonyl (C=O) groups excluding carboxylic acids is 1. The van der Waals surface area contributed by atoms with E-state index in [1.807, 2.05) is 31.2 Å². The molecule has 4 heteroatoms. The van der Waals surface area contributed by atoms with Gasteiger partial charge in [0.2, 0.25) is 0 Å². The van der Waals surface area contributed by atoms with E-state index in [1.165, 1.54) is 6.26 Å². The van der Waals surface area contributed by atoms with Crippen molar-refractivity contribution in [2.45, 2.75) is 6.92 Å². The van der Waals surface area contributed by atoms with Crippen LogP contribution in [0, 0.1) is 6.92 Å². The summed E-state index contributed by atoms with van der Waals surface area (Å²) < 4.78 is 10.2. The van der Waals surface area contributed by atoms with Crippen molar-refractivity contribution < 1.29 is 13.9 Å². The number of aliphatic imine (C=N–C) groups is 1. The molecule has 1 aromatic carbocycles. The average molecular weight is 253 g/mol. The van der Waals surface area contributed by atoms with Gasteiger partial charge >= 0.3 is 5.97 Å². The summed E-state index contributed by atoms with van der Waals surface area (Å²) in [5.74, 6) is 0.186. The number of aryl methyl sites for hydroxylation is 1. The second kappa shape index (κ2) is 4.57. The SMILES string of the molecule is Cc1ccccc1/C=C1/N=C(c2ccco2)OC1=O. The van der Waals surface area contributed by atoms with Crippen LogP contribution in [0.1, 0.15) is 16.9 Å². The Bertz CT molecular complexity index is 681. The van der Waals surface area contributed by atoms with Crippen LogP contribution in [0.3, 0.4) is 0 Å². The van der Waals surface area contributed by atoms with Crippen molar-refractivity contribution in [3.63, 3.8) is 0 Å². The maximum atomic E-state index is 11.7. The van der Waals surface area contributed by atoms with E-state index in [-0.39, 0.29) is 11.6 Å². The molecule has 1 aliphatic heterocycles. The van der Waals surface area contributed by atoms with Gasteiger partial charge in [0.1, 0.15) is 0 Å². The Hall–Kier alpha value is -2.62. The summed E-state index contributed by atoms with van der Waals surface area (Å²) in [6, 6.07) is 11.2. The van der Waals surface area contributed by atoms with Crippen molar-refractivity contribution in [3.05, 3.63) is 65.2 Å². The lowest BCUT2D eigenvalue weighted by Crippen LogP contribution is -2.04. The van der Waals surface area contributed by atoms with Gasteiger partial charge in [0.05, 0.1) is 6.26 Å². The molecule has 19 heavy (non-hydrogen) atoms. The van der Waals surface area contributed by atoms with Gasteiger partial charge in [-0.15, -0.1) is 0 Å². The average Bonchev–Trinajstić information content (AvgIpc) is 3.02. The molecule has 0 fully saturated rings. The molecule has 0 radical (unpaired) electrons. The van der Waals surface area contributed by atoms with Gasteiger partial charge < -0.3 is 9.15 Å². The zero-order valence-corrected chi connectivity index (χ0v) is 10.3. The second-order valence-corrected chi connectivity index (χ2v) is 4.17. The fourth-order valence-electron chi connectivity index (χ4n) is 1.81.